The molecular weight excluding hydrogens is 807 g/mol. The fourth-order valence-corrected chi connectivity index (χ4v) is 10.1. The van der Waals surface area contributed by atoms with Crippen molar-refractivity contribution in [1.29, 1.82) is 0 Å². The molecule has 4 aliphatic heterocycles. The average Bonchev–Trinajstić information content (AvgIpc) is 3.86. The number of fused-ring (bicyclic) bond motifs is 5. The number of benzene rings is 3. The smallest absolute Gasteiger partial charge is 0.410 e. The minimum atomic E-state index is -4.30. The van der Waals surface area contributed by atoms with Gasteiger partial charge in [0.15, 0.2) is 5.82 Å². The molecule has 3 aromatic carbocycles. The van der Waals surface area contributed by atoms with Crippen LogP contribution < -0.4 is 9.64 Å². The molecule has 0 spiro atoms. The Hall–Kier alpha value is -5.47. The van der Waals surface area contributed by atoms with Crippen LogP contribution in [0.1, 0.15) is 64.0 Å². The number of rotatable bonds is 9. The minimum absolute atomic E-state index is 0.00871. The van der Waals surface area contributed by atoms with Gasteiger partial charge in [-0.1, -0.05) is 42.3 Å². The fourth-order valence-electron chi connectivity index (χ4n) is 9.65. The fraction of sp³-hybridized carbons (Fsp3) is 0.422. The first-order valence-corrected chi connectivity index (χ1v) is 21.9. The van der Waals surface area contributed by atoms with Gasteiger partial charge in [0.05, 0.1) is 46.2 Å². The number of hydrogen-bond acceptors (Lipinski definition) is 11. The molecule has 4 atom stereocenters. The average molecular weight is 853 g/mol. The molecule has 2 bridgehead atoms. The molecular formula is C45H46F2N6O7S. The summed E-state index contributed by atoms with van der Waals surface area (Å²) in [5.41, 5.74) is -0.0117. The van der Waals surface area contributed by atoms with Gasteiger partial charge in [-0.15, -0.1) is 6.42 Å². The molecule has 1 amide bonds. The van der Waals surface area contributed by atoms with Crippen molar-refractivity contribution in [2.24, 2.45) is 0 Å². The largest absolute Gasteiger partial charge is 0.461 e. The normalized spacial score (nSPS) is 22.8. The van der Waals surface area contributed by atoms with Crippen LogP contribution >= 0.6 is 0 Å². The van der Waals surface area contributed by atoms with Crippen LogP contribution in [-0.4, -0.2) is 106 Å². The number of halogens is 2. The second kappa shape index (κ2) is 15.5. The number of terminal acetylenes is 1. The molecule has 0 unspecified atom stereocenters. The van der Waals surface area contributed by atoms with E-state index in [4.69, 9.17) is 30.6 Å². The number of nitrogens with zero attached hydrogens (tertiary/aromatic N) is 6. The zero-order chi connectivity index (χ0) is 42.8. The van der Waals surface area contributed by atoms with Crippen molar-refractivity contribution < 1.29 is 40.8 Å². The third-order valence-corrected chi connectivity index (χ3v) is 13.2. The van der Waals surface area contributed by atoms with Crippen molar-refractivity contribution in [1.82, 2.24) is 24.8 Å². The highest BCUT2D eigenvalue weighted by molar-refractivity contribution is 7.85. The third-order valence-electron chi connectivity index (χ3n) is 12.4. The molecule has 6 heterocycles. The maximum Gasteiger partial charge on any atom is 0.410 e. The summed E-state index contributed by atoms with van der Waals surface area (Å²) in [7, 11) is -4.30. The number of hydrogen-bond donors (Lipinski definition) is 1. The van der Waals surface area contributed by atoms with Crippen LogP contribution in [0.5, 0.6) is 6.01 Å². The molecule has 16 heteroatoms. The Morgan fingerprint density at radius 2 is 1.79 bits per heavy atom. The Bertz CT molecular complexity index is 2690. The van der Waals surface area contributed by atoms with E-state index in [1.54, 1.807) is 36.4 Å². The Balaban J connectivity index is 1.04. The van der Waals surface area contributed by atoms with E-state index in [0.717, 1.165) is 37.8 Å². The third kappa shape index (κ3) is 7.73. The van der Waals surface area contributed by atoms with Crippen molar-refractivity contribution >= 4 is 43.7 Å². The number of carbonyl (C=O) groups is 1. The predicted octanol–water partition coefficient (Wildman–Crippen LogP) is 7.14. The summed E-state index contributed by atoms with van der Waals surface area (Å²) in [6.45, 7) is 8.35. The van der Waals surface area contributed by atoms with Gasteiger partial charge in [-0.25, -0.2) is 13.6 Å². The van der Waals surface area contributed by atoms with Gasteiger partial charge >= 0.3 is 12.1 Å². The van der Waals surface area contributed by atoms with Gasteiger partial charge in [-0.3, -0.25) is 19.3 Å². The highest BCUT2D eigenvalue weighted by Gasteiger charge is 2.50. The van der Waals surface area contributed by atoms with Gasteiger partial charge in [0.2, 0.25) is 0 Å². The Labute approximate surface area is 352 Å². The molecule has 0 aliphatic carbocycles. The van der Waals surface area contributed by atoms with Crippen molar-refractivity contribution in [2.75, 3.05) is 37.7 Å². The van der Waals surface area contributed by atoms with Crippen molar-refractivity contribution in [3.05, 3.63) is 83.6 Å². The predicted molar refractivity (Wildman–Crippen MR) is 224 cm³/mol. The van der Waals surface area contributed by atoms with E-state index >= 15 is 8.78 Å². The molecule has 1 N–H and O–H groups in total. The molecule has 318 valence electrons. The number of carbonyl (C=O) groups excluding carboxylic acids is 1. The summed E-state index contributed by atoms with van der Waals surface area (Å²) < 4.78 is 83.2. The zero-order valence-electron chi connectivity index (χ0n) is 34.1. The zero-order valence-corrected chi connectivity index (χ0v) is 34.9. The molecule has 5 aromatic rings. The van der Waals surface area contributed by atoms with E-state index in [1.807, 2.05) is 30.6 Å². The first-order valence-electron chi connectivity index (χ1n) is 20.5. The standard InChI is InChI=1S/C45H46F2N6O7S/c1-5-33-36(46)17-12-28-8-6-9-34(37(28)33)39-38(47)40-35(21-48-39)41(51-22-29-13-14-30(23-51)53(29)43(54)60-44(2,3)4)50-42(49-40)59-26-45-18-7-19-52(45)24-31(20-45)58-25-27-10-15-32(16-11-27)61(55,56)57/h1,6,8-12,15-17,21,29-31H,7,13-14,18-20,22-26H2,2-4H3,(H,55,56,57)/t29-,30+,31-,45-/m0/s1. The number of pyridine rings is 1. The molecule has 4 saturated heterocycles. The van der Waals surface area contributed by atoms with Crippen LogP contribution in [0.3, 0.4) is 0 Å². The Kier molecular flexibility index (Phi) is 10.4. The summed E-state index contributed by atoms with van der Waals surface area (Å²) in [6, 6.07) is 13.7. The van der Waals surface area contributed by atoms with E-state index in [1.165, 1.54) is 24.4 Å². The Morgan fingerprint density at radius 1 is 1.03 bits per heavy atom. The van der Waals surface area contributed by atoms with E-state index in [2.05, 4.69) is 15.8 Å². The molecule has 0 saturated carbocycles. The molecule has 4 aliphatic rings. The van der Waals surface area contributed by atoms with Crippen molar-refractivity contribution in [3.63, 3.8) is 0 Å². The van der Waals surface area contributed by atoms with E-state index in [-0.39, 0.29) is 65.2 Å². The Morgan fingerprint density at radius 3 is 2.49 bits per heavy atom. The van der Waals surface area contributed by atoms with E-state index in [0.29, 0.717) is 53.6 Å². The lowest BCUT2D eigenvalue weighted by molar-refractivity contribution is 0.0122. The summed E-state index contributed by atoms with van der Waals surface area (Å²) in [4.78, 5) is 33.6. The maximum atomic E-state index is 17.2. The lowest BCUT2D eigenvalue weighted by Crippen LogP contribution is -2.57. The number of amides is 1. The summed E-state index contributed by atoms with van der Waals surface area (Å²) in [6.07, 6.45) is 10.8. The number of anilines is 1. The first-order chi connectivity index (χ1) is 29.1. The highest BCUT2D eigenvalue weighted by atomic mass is 32.2. The van der Waals surface area contributed by atoms with Crippen LogP contribution in [0.4, 0.5) is 19.4 Å². The lowest BCUT2D eigenvalue weighted by atomic mass is 9.94. The monoisotopic (exact) mass is 852 g/mol. The molecule has 2 aromatic heterocycles. The van der Waals surface area contributed by atoms with Gasteiger partial charge < -0.3 is 19.1 Å². The molecule has 61 heavy (non-hydrogen) atoms. The number of piperazine rings is 1. The second-order valence-corrected chi connectivity index (χ2v) is 18.9. The second-order valence-electron chi connectivity index (χ2n) is 17.5. The first kappa shape index (κ1) is 40.9. The van der Waals surface area contributed by atoms with Gasteiger partial charge in [0.25, 0.3) is 10.1 Å². The summed E-state index contributed by atoms with van der Waals surface area (Å²) >= 11 is 0. The summed E-state index contributed by atoms with van der Waals surface area (Å²) in [5, 5.41) is 1.36. The van der Waals surface area contributed by atoms with Crippen LogP contribution in [0, 0.1) is 24.0 Å². The van der Waals surface area contributed by atoms with Crippen molar-refractivity contribution in [3.8, 4) is 29.6 Å². The van der Waals surface area contributed by atoms with Gasteiger partial charge in [-0.2, -0.15) is 18.4 Å². The van der Waals surface area contributed by atoms with Gasteiger partial charge in [0.1, 0.15) is 35.1 Å². The topological polar surface area (TPSA) is 148 Å². The molecule has 0 radical (unpaired) electrons. The molecule has 4 fully saturated rings. The lowest BCUT2D eigenvalue weighted by Gasteiger charge is -2.42. The van der Waals surface area contributed by atoms with Crippen LogP contribution in [0.25, 0.3) is 32.9 Å². The maximum absolute atomic E-state index is 17.2. The van der Waals surface area contributed by atoms with Gasteiger partial charge in [0, 0.05) is 36.8 Å². The SMILES string of the molecule is C#Cc1c(F)ccc2cccc(-c3ncc4c(N5C[C@H]6CC[C@@H](C5)N6C(=O)OC(C)(C)C)nc(OC[C@@]56CCCN5C[C@@H](OCc5ccc(S(=O)(=O)O)cc5)C6)nc4c3F)c12. The number of aromatic nitrogens is 3. The van der Waals surface area contributed by atoms with E-state index < -0.39 is 32.9 Å². The van der Waals surface area contributed by atoms with Gasteiger partial charge in [-0.05, 0) is 88.6 Å². The highest BCUT2D eigenvalue weighted by Crippen LogP contribution is 2.42. The molecule has 9 rings (SSSR count). The molecule has 13 nitrogen and oxygen atoms in total. The van der Waals surface area contributed by atoms with Crippen molar-refractivity contribution in [2.45, 2.75) is 93.7 Å². The van der Waals surface area contributed by atoms with Crippen LogP contribution in [-0.2, 0) is 26.2 Å². The van der Waals surface area contributed by atoms with E-state index in [9.17, 15) is 17.8 Å². The minimum Gasteiger partial charge on any atom is -0.461 e. The van der Waals surface area contributed by atoms with Crippen LogP contribution in [0.15, 0.2) is 65.7 Å². The number of ether oxygens (including phenoxy) is 3. The summed E-state index contributed by atoms with van der Waals surface area (Å²) in [5.74, 6) is 1.53. The quantitative estimate of drug-likeness (QED) is 0.119. The van der Waals surface area contributed by atoms with Crippen LogP contribution in [0.2, 0.25) is 0 Å².